The van der Waals surface area contributed by atoms with Crippen molar-refractivity contribution in [1.29, 1.82) is 0 Å². The molecule has 5 heteroatoms. The van der Waals surface area contributed by atoms with Crippen LogP contribution in [0.4, 0.5) is 0 Å². The topological polar surface area (TPSA) is 60.4 Å². The number of carbonyl (C=O) groups excluding carboxylic acids is 1. The van der Waals surface area contributed by atoms with Gasteiger partial charge in [0.2, 0.25) is 0 Å². The van der Waals surface area contributed by atoms with E-state index in [-0.39, 0.29) is 11.0 Å². The summed E-state index contributed by atoms with van der Waals surface area (Å²) in [6.07, 6.45) is 3.34. The molecule has 0 spiro atoms. The van der Waals surface area contributed by atoms with Crippen molar-refractivity contribution < 1.29 is 17.9 Å². The van der Waals surface area contributed by atoms with Gasteiger partial charge in [0.1, 0.15) is 0 Å². The lowest BCUT2D eigenvalue weighted by molar-refractivity contribution is -0.141. The Morgan fingerprint density at radius 2 is 1.85 bits per heavy atom. The molecule has 1 saturated carbocycles. The standard InChI is InChI=1S/C15H20O4S/c1-19-15(16)14(12-7-3-2-4-8-12)11-20(17,18)13-9-5-6-10-13/h2-4,7-8,13-14H,5-6,9-11H2,1H3. The Hall–Kier alpha value is -1.36. The first-order chi connectivity index (χ1) is 9.54. The fraction of sp³-hybridized carbons (Fsp3) is 0.533. The van der Waals surface area contributed by atoms with Crippen molar-refractivity contribution in [3.63, 3.8) is 0 Å². The number of benzene rings is 1. The van der Waals surface area contributed by atoms with Crippen molar-refractivity contribution in [2.45, 2.75) is 36.9 Å². The van der Waals surface area contributed by atoms with E-state index in [1.54, 1.807) is 24.3 Å². The van der Waals surface area contributed by atoms with Gasteiger partial charge in [0.25, 0.3) is 0 Å². The summed E-state index contributed by atoms with van der Waals surface area (Å²) in [5, 5.41) is -0.293. The van der Waals surface area contributed by atoms with Gasteiger partial charge in [-0.05, 0) is 18.4 Å². The molecule has 0 amide bonds. The Morgan fingerprint density at radius 3 is 2.40 bits per heavy atom. The number of sulfone groups is 1. The molecule has 0 aliphatic heterocycles. The molecule has 0 bridgehead atoms. The highest BCUT2D eigenvalue weighted by Crippen LogP contribution is 2.29. The van der Waals surface area contributed by atoms with Gasteiger partial charge < -0.3 is 4.74 Å². The predicted octanol–water partition coefficient (Wildman–Crippen LogP) is 2.30. The second kappa shape index (κ2) is 6.39. The molecule has 1 aliphatic carbocycles. The van der Waals surface area contributed by atoms with Crippen molar-refractivity contribution >= 4 is 15.8 Å². The third-order valence-electron chi connectivity index (χ3n) is 3.90. The minimum Gasteiger partial charge on any atom is -0.469 e. The van der Waals surface area contributed by atoms with Crippen LogP contribution in [-0.4, -0.2) is 32.5 Å². The zero-order valence-electron chi connectivity index (χ0n) is 11.6. The van der Waals surface area contributed by atoms with E-state index in [1.165, 1.54) is 7.11 Å². The molecule has 1 atom stereocenters. The highest BCUT2D eigenvalue weighted by molar-refractivity contribution is 7.92. The maximum absolute atomic E-state index is 12.4. The third-order valence-corrected chi connectivity index (χ3v) is 6.18. The van der Waals surface area contributed by atoms with Crippen molar-refractivity contribution in [2.24, 2.45) is 0 Å². The molecule has 20 heavy (non-hydrogen) atoms. The van der Waals surface area contributed by atoms with Crippen LogP contribution in [0.1, 0.15) is 37.2 Å². The highest BCUT2D eigenvalue weighted by Gasteiger charge is 2.34. The summed E-state index contributed by atoms with van der Waals surface area (Å²) in [6, 6.07) is 8.97. The van der Waals surface area contributed by atoms with Gasteiger partial charge >= 0.3 is 5.97 Å². The lowest BCUT2D eigenvalue weighted by Crippen LogP contribution is -2.29. The van der Waals surface area contributed by atoms with Crippen molar-refractivity contribution in [3.05, 3.63) is 35.9 Å². The molecule has 1 unspecified atom stereocenters. The normalized spacial score (nSPS) is 17.9. The van der Waals surface area contributed by atoms with Crippen LogP contribution in [0.5, 0.6) is 0 Å². The van der Waals surface area contributed by atoms with Gasteiger partial charge in [0.15, 0.2) is 9.84 Å². The van der Waals surface area contributed by atoms with Gasteiger partial charge in [0, 0.05) is 0 Å². The molecule has 1 aliphatic rings. The van der Waals surface area contributed by atoms with Crippen LogP contribution in [0.2, 0.25) is 0 Å². The molecule has 1 aromatic rings. The third kappa shape index (κ3) is 3.39. The Labute approximate surface area is 120 Å². The fourth-order valence-corrected chi connectivity index (χ4v) is 4.86. The molecule has 0 heterocycles. The van der Waals surface area contributed by atoms with E-state index >= 15 is 0 Å². The average molecular weight is 296 g/mol. The summed E-state index contributed by atoms with van der Waals surface area (Å²) >= 11 is 0. The Kier molecular flexibility index (Phi) is 4.81. The van der Waals surface area contributed by atoms with Crippen LogP contribution < -0.4 is 0 Å². The van der Waals surface area contributed by atoms with Gasteiger partial charge in [-0.1, -0.05) is 43.2 Å². The molecule has 1 fully saturated rings. The van der Waals surface area contributed by atoms with E-state index in [0.717, 1.165) is 12.8 Å². The molecule has 4 nitrogen and oxygen atoms in total. The van der Waals surface area contributed by atoms with Crippen LogP contribution in [0, 0.1) is 0 Å². The number of rotatable bonds is 5. The van der Waals surface area contributed by atoms with Crippen molar-refractivity contribution in [1.82, 2.24) is 0 Å². The van der Waals surface area contributed by atoms with E-state index in [0.29, 0.717) is 18.4 Å². The van der Waals surface area contributed by atoms with E-state index in [9.17, 15) is 13.2 Å². The summed E-state index contributed by atoms with van der Waals surface area (Å²) in [4.78, 5) is 11.9. The van der Waals surface area contributed by atoms with Gasteiger partial charge in [-0.2, -0.15) is 0 Å². The van der Waals surface area contributed by atoms with Gasteiger partial charge in [-0.25, -0.2) is 8.42 Å². The number of methoxy groups -OCH3 is 1. The number of carbonyl (C=O) groups is 1. The Balaban J connectivity index is 2.22. The van der Waals surface area contributed by atoms with Crippen LogP contribution in [0.15, 0.2) is 30.3 Å². The minimum absolute atomic E-state index is 0.158. The van der Waals surface area contributed by atoms with Gasteiger partial charge in [0.05, 0.1) is 24.0 Å². The number of hydrogen-bond acceptors (Lipinski definition) is 4. The summed E-state index contributed by atoms with van der Waals surface area (Å²) in [7, 11) is -1.97. The van der Waals surface area contributed by atoms with Gasteiger partial charge in [-0.15, -0.1) is 0 Å². The Morgan fingerprint density at radius 1 is 1.25 bits per heavy atom. The summed E-state index contributed by atoms with van der Waals surface area (Å²) in [5.74, 6) is -1.38. The predicted molar refractivity (Wildman–Crippen MR) is 77.2 cm³/mol. The minimum atomic E-state index is -3.26. The van der Waals surface area contributed by atoms with E-state index in [4.69, 9.17) is 4.74 Å². The number of ether oxygens (including phenoxy) is 1. The molecule has 110 valence electrons. The summed E-state index contributed by atoms with van der Waals surface area (Å²) in [5.41, 5.74) is 0.695. The van der Waals surface area contributed by atoms with Crippen LogP contribution in [-0.2, 0) is 19.4 Å². The summed E-state index contributed by atoms with van der Waals surface area (Å²) in [6.45, 7) is 0. The first-order valence-corrected chi connectivity index (χ1v) is 8.60. The summed E-state index contributed by atoms with van der Waals surface area (Å²) < 4.78 is 29.6. The molecule has 0 radical (unpaired) electrons. The molecule has 0 saturated heterocycles. The zero-order valence-corrected chi connectivity index (χ0v) is 12.4. The average Bonchev–Trinajstić information content (AvgIpc) is 3.00. The molecule has 0 N–H and O–H groups in total. The highest BCUT2D eigenvalue weighted by atomic mass is 32.2. The molecule has 0 aromatic heterocycles. The first-order valence-electron chi connectivity index (χ1n) is 6.89. The largest absolute Gasteiger partial charge is 0.469 e. The van der Waals surface area contributed by atoms with Crippen LogP contribution in [0.3, 0.4) is 0 Å². The second-order valence-electron chi connectivity index (χ2n) is 5.22. The number of esters is 1. The number of hydrogen-bond donors (Lipinski definition) is 0. The molecule has 2 rings (SSSR count). The lowest BCUT2D eigenvalue weighted by Gasteiger charge is -2.18. The SMILES string of the molecule is COC(=O)C(CS(=O)(=O)C1CCCC1)c1ccccc1. The monoisotopic (exact) mass is 296 g/mol. The van der Waals surface area contributed by atoms with Crippen molar-refractivity contribution in [2.75, 3.05) is 12.9 Å². The van der Waals surface area contributed by atoms with Crippen LogP contribution in [0.25, 0.3) is 0 Å². The quantitative estimate of drug-likeness (QED) is 0.782. The van der Waals surface area contributed by atoms with Gasteiger partial charge in [-0.3, -0.25) is 4.79 Å². The van der Waals surface area contributed by atoms with Crippen LogP contribution >= 0.6 is 0 Å². The first kappa shape index (κ1) is 15.0. The van der Waals surface area contributed by atoms with E-state index < -0.39 is 21.7 Å². The maximum Gasteiger partial charge on any atom is 0.314 e. The van der Waals surface area contributed by atoms with E-state index in [1.807, 2.05) is 6.07 Å². The zero-order chi connectivity index (χ0) is 14.6. The van der Waals surface area contributed by atoms with Crippen molar-refractivity contribution in [3.8, 4) is 0 Å². The smallest absolute Gasteiger partial charge is 0.314 e. The molecular weight excluding hydrogens is 276 g/mol. The lowest BCUT2D eigenvalue weighted by atomic mass is 10.0. The molecular formula is C15H20O4S. The van der Waals surface area contributed by atoms with E-state index in [2.05, 4.69) is 0 Å². The maximum atomic E-state index is 12.4. The molecule has 1 aromatic carbocycles. The fourth-order valence-electron chi connectivity index (χ4n) is 2.74. The second-order valence-corrected chi connectivity index (χ2v) is 7.55. The Bertz CT molecular complexity index is 544.